The molecular weight excluding hydrogens is 442 g/mol. The Labute approximate surface area is 203 Å². The van der Waals surface area contributed by atoms with Crippen molar-refractivity contribution in [3.8, 4) is 11.3 Å². The summed E-state index contributed by atoms with van der Waals surface area (Å²) in [4.78, 5) is 30.9. The van der Waals surface area contributed by atoms with E-state index in [4.69, 9.17) is 19.4 Å². The minimum Gasteiger partial charge on any atom is -0.377 e. The smallest absolute Gasteiger partial charge is 0.277 e. The van der Waals surface area contributed by atoms with Gasteiger partial charge in [-0.05, 0) is 38.0 Å². The Morgan fingerprint density at radius 1 is 1.03 bits per heavy atom. The van der Waals surface area contributed by atoms with Crippen LogP contribution < -0.4 is 9.80 Å². The van der Waals surface area contributed by atoms with Crippen molar-refractivity contribution in [1.29, 1.82) is 0 Å². The van der Waals surface area contributed by atoms with Crippen molar-refractivity contribution < 1.29 is 14.3 Å². The third-order valence-electron chi connectivity index (χ3n) is 7.58. The highest BCUT2D eigenvalue weighted by Gasteiger charge is 2.35. The monoisotopic (exact) mass is 469 g/mol. The minimum atomic E-state index is -0.200. The predicted molar refractivity (Wildman–Crippen MR) is 135 cm³/mol. The average molecular weight is 470 g/mol. The number of morpholine rings is 2. The van der Waals surface area contributed by atoms with Gasteiger partial charge in [0.2, 0.25) is 0 Å². The maximum atomic E-state index is 12.1. The highest BCUT2D eigenvalue weighted by Crippen LogP contribution is 2.36. The van der Waals surface area contributed by atoms with E-state index >= 15 is 0 Å². The second-order valence-electron chi connectivity index (χ2n) is 9.91. The molecule has 6 heterocycles. The topological polar surface area (TPSA) is 80.2 Å². The normalized spacial score (nSPS) is 25.5. The number of carbonyl (C=O) groups is 1. The van der Waals surface area contributed by atoms with E-state index in [2.05, 4.69) is 33.8 Å². The van der Waals surface area contributed by atoms with Gasteiger partial charge in [0.25, 0.3) is 5.91 Å². The molecule has 4 aliphatic heterocycles. The van der Waals surface area contributed by atoms with Crippen LogP contribution in [0.1, 0.15) is 35.7 Å². The van der Waals surface area contributed by atoms with Gasteiger partial charge in [-0.25, -0.2) is 15.0 Å². The van der Waals surface area contributed by atoms with E-state index in [9.17, 15) is 4.79 Å². The number of anilines is 2. The maximum absolute atomic E-state index is 12.1. The Bertz CT molecular complexity index is 1360. The average Bonchev–Trinajstić information content (AvgIpc) is 3.43. The maximum Gasteiger partial charge on any atom is 0.277 e. The van der Waals surface area contributed by atoms with Crippen molar-refractivity contribution in [1.82, 2.24) is 9.97 Å². The molecule has 1 aromatic carbocycles. The van der Waals surface area contributed by atoms with Crippen molar-refractivity contribution in [2.24, 2.45) is 4.99 Å². The number of pyridine rings is 2. The standard InChI is InChI=1S/C27H27N5O3/c1-16-15-34-9-8-32(16)25-11-24(31-13-19-4-5-20(14-31)35-19)21-6-7-23(29-26(21)30-25)17-2-3-18-12-28-27(33)22(18)10-17/h2-3,6-7,10-12,16,19-20H,4-5,8-9,13-15H2,1H3/t16-,19?,20?/m0/s1. The van der Waals surface area contributed by atoms with E-state index in [1.165, 1.54) is 5.69 Å². The van der Waals surface area contributed by atoms with E-state index in [1.807, 2.05) is 24.3 Å². The molecule has 3 fully saturated rings. The van der Waals surface area contributed by atoms with E-state index in [-0.39, 0.29) is 11.9 Å². The number of nitrogens with zero attached hydrogens (tertiary/aromatic N) is 5. The second-order valence-corrected chi connectivity index (χ2v) is 9.91. The second kappa shape index (κ2) is 8.10. The number of benzene rings is 1. The van der Waals surface area contributed by atoms with Gasteiger partial charge in [-0.1, -0.05) is 12.1 Å². The molecule has 3 saturated heterocycles. The molecule has 178 valence electrons. The summed E-state index contributed by atoms with van der Waals surface area (Å²) in [5.41, 5.74) is 5.05. The first-order chi connectivity index (χ1) is 17.1. The third kappa shape index (κ3) is 3.59. The first-order valence-electron chi connectivity index (χ1n) is 12.4. The van der Waals surface area contributed by atoms with E-state index in [0.29, 0.717) is 31.0 Å². The molecule has 2 unspecified atom stereocenters. The summed E-state index contributed by atoms with van der Waals surface area (Å²) in [6, 6.07) is 12.4. The number of aliphatic imine (C=N–C) groups is 1. The van der Waals surface area contributed by atoms with Gasteiger partial charge < -0.3 is 19.3 Å². The van der Waals surface area contributed by atoms with Gasteiger partial charge in [0, 0.05) is 48.4 Å². The number of rotatable bonds is 3. The van der Waals surface area contributed by atoms with Crippen molar-refractivity contribution in [3.05, 3.63) is 47.5 Å². The van der Waals surface area contributed by atoms with Crippen LogP contribution >= 0.6 is 0 Å². The molecule has 7 rings (SSSR count). The van der Waals surface area contributed by atoms with Crippen LogP contribution in [0.3, 0.4) is 0 Å². The minimum absolute atomic E-state index is 0.200. The van der Waals surface area contributed by atoms with Crippen LogP contribution in [0.5, 0.6) is 0 Å². The number of amides is 1. The molecule has 8 heteroatoms. The van der Waals surface area contributed by atoms with Gasteiger partial charge >= 0.3 is 0 Å². The van der Waals surface area contributed by atoms with E-state index in [0.717, 1.165) is 66.1 Å². The van der Waals surface area contributed by atoms with Crippen LogP contribution in [0, 0.1) is 0 Å². The van der Waals surface area contributed by atoms with Crippen LogP contribution in [0.15, 0.2) is 41.4 Å². The first-order valence-corrected chi connectivity index (χ1v) is 12.4. The number of hydrogen-bond acceptors (Lipinski definition) is 7. The molecule has 1 amide bonds. The Morgan fingerprint density at radius 3 is 2.71 bits per heavy atom. The number of hydrogen-bond donors (Lipinski definition) is 0. The third-order valence-corrected chi connectivity index (χ3v) is 7.58. The summed E-state index contributed by atoms with van der Waals surface area (Å²) < 4.78 is 11.8. The molecule has 3 atom stereocenters. The lowest BCUT2D eigenvalue weighted by Gasteiger charge is -2.37. The van der Waals surface area contributed by atoms with Crippen molar-refractivity contribution in [3.63, 3.8) is 0 Å². The van der Waals surface area contributed by atoms with Crippen LogP contribution in [0.25, 0.3) is 22.3 Å². The van der Waals surface area contributed by atoms with Gasteiger partial charge in [0.15, 0.2) is 5.65 Å². The molecule has 0 saturated carbocycles. The first kappa shape index (κ1) is 21.0. The SMILES string of the molecule is C[C@H]1COCCN1c1cc(N2CC3CCC(C2)O3)c2ccc(-c3ccc4c(c3)C(=O)N=C4)nc2n1. The highest BCUT2D eigenvalue weighted by molar-refractivity contribution is 6.13. The Hall–Kier alpha value is -3.36. The Kier molecular flexibility index (Phi) is 4.85. The van der Waals surface area contributed by atoms with Crippen molar-refractivity contribution in [2.45, 2.75) is 38.0 Å². The molecule has 35 heavy (non-hydrogen) atoms. The predicted octanol–water partition coefficient (Wildman–Crippen LogP) is 3.46. The highest BCUT2D eigenvalue weighted by atomic mass is 16.5. The summed E-state index contributed by atoms with van der Waals surface area (Å²) in [6.45, 7) is 6.15. The lowest BCUT2D eigenvalue weighted by atomic mass is 10.0. The van der Waals surface area contributed by atoms with Gasteiger partial charge in [-0.2, -0.15) is 0 Å². The van der Waals surface area contributed by atoms with Crippen LogP contribution in [-0.2, 0) is 9.47 Å². The molecule has 4 aliphatic rings. The summed E-state index contributed by atoms with van der Waals surface area (Å²) in [6.07, 6.45) is 4.46. The molecule has 0 N–H and O–H groups in total. The number of fused-ring (bicyclic) bond motifs is 4. The zero-order chi connectivity index (χ0) is 23.5. The number of ether oxygens (including phenoxy) is 2. The van der Waals surface area contributed by atoms with E-state index in [1.54, 1.807) is 6.21 Å². The fraction of sp³-hybridized carbons (Fsp3) is 0.407. The fourth-order valence-corrected chi connectivity index (χ4v) is 5.73. The molecule has 2 bridgehead atoms. The number of carbonyl (C=O) groups excluding carboxylic acids is 1. The molecule has 0 spiro atoms. The van der Waals surface area contributed by atoms with Gasteiger partial charge in [0.1, 0.15) is 5.82 Å². The molecule has 2 aromatic heterocycles. The van der Waals surface area contributed by atoms with E-state index < -0.39 is 0 Å². The van der Waals surface area contributed by atoms with Gasteiger partial charge in [-0.15, -0.1) is 0 Å². The van der Waals surface area contributed by atoms with Crippen LogP contribution in [0.4, 0.5) is 11.5 Å². The molecular formula is C27H27N5O3. The fourth-order valence-electron chi connectivity index (χ4n) is 5.73. The zero-order valence-electron chi connectivity index (χ0n) is 19.7. The summed E-state index contributed by atoms with van der Waals surface area (Å²) in [7, 11) is 0. The summed E-state index contributed by atoms with van der Waals surface area (Å²) in [5.74, 6) is 0.734. The lowest BCUT2D eigenvalue weighted by Crippen LogP contribution is -2.45. The largest absolute Gasteiger partial charge is 0.377 e. The van der Waals surface area contributed by atoms with Crippen LogP contribution in [-0.4, -0.2) is 73.2 Å². The zero-order valence-corrected chi connectivity index (χ0v) is 19.7. The molecule has 0 aliphatic carbocycles. The Morgan fingerprint density at radius 2 is 1.89 bits per heavy atom. The van der Waals surface area contributed by atoms with Crippen LogP contribution in [0.2, 0.25) is 0 Å². The summed E-state index contributed by atoms with van der Waals surface area (Å²) >= 11 is 0. The number of aromatic nitrogens is 2. The van der Waals surface area contributed by atoms with Gasteiger partial charge in [0.05, 0.1) is 48.4 Å². The lowest BCUT2D eigenvalue weighted by molar-refractivity contribution is 0.0306. The summed E-state index contributed by atoms with van der Waals surface area (Å²) in [5, 5.41) is 1.04. The van der Waals surface area contributed by atoms with Crippen molar-refractivity contribution >= 4 is 34.7 Å². The van der Waals surface area contributed by atoms with Gasteiger partial charge in [-0.3, -0.25) is 4.79 Å². The quantitative estimate of drug-likeness (QED) is 0.581. The molecule has 3 aromatic rings. The Balaban J connectivity index is 1.35. The van der Waals surface area contributed by atoms with Crippen molar-refractivity contribution in [2.75, 3.05) is 42.6 Å². The molecule has 8 nitrogen and oxygen atoms in total. The molecule has 0 radical (unpaired) electrons.